The van der Waals surface area contributed by atoms with Crippen molar-refractivity contribution in [3.8, 4) is 0 Å². The molecular formula is C15H14N2O7S2. The molecule has 9 nitrogen and oxygen atoms in total. The molecule has 26 heavy (non-hydrogen) atoms. The van der Waals surface area contributed by atoms with E-state index in [1.165, 1.54) is 16.2 Å². The molecular weight excluding hydrogens is 384 g/mol. The van der Waals surface area contributed by atoms with E-state index in [-0.39, 0.29) is 13.2 Å². The number of benzene rings is 1. The number of rotatable bonds is 4. The van der Waals surface area contributed by atoms with Crippen molar-refractivity contribution in [2.75, 3.05) is 13.2 Å². The standard InChI is InChI=1S/C15H14N2O7S2/c1-2-23-14(18)12-11-8-5-3-4-6-10(8)25-13(11)9-7-16(12)15(19)17(9)24-26(20,21)22/h3-6,9,12H,2,7H2,1H3,(H,20,21,22)/t9-,12+/m1/s1. The molecule has 2 atom stereocenters. The quantitative estimate of drug-likeness (QED) is 0.619. The van der Waals surface area contributed by atoms with Crippen LogP contribution in [0.25, 0.3) is 10.1 Å². The van der Waals surface area contributed by atoms with Crippen LogP contribution in [0, 0.1) is 0 Å². The topological polar surface area (TPSA) is 113 Å². The van der Waals surface area contributed by atoms with Gasteiger partial charge in [0.1, 0.15) is 6.04 Å². The van der Waals surface area contributed by atoms with E-state index < -0.39 is 34.5 Å². The summed E-state index contributed by atoms with van der Waals surface area (Å²) in [6.45, 7) is 1.86. The number of thiophene rings is 1. The van der Waals surface area contributed by atoms with Gasteiger partial charge in [0.15, 0.2) is 6.04 Å². The van der Waals surface area contributed by atoms with Gasteiger partial charge in [0.05, 0.1) is 13.2 Å². The average molecular weight is 398 g/mol. The molecule has 2 aromatic rings. The Bertz CT molecular complexity index is 1020. The zero-order valence-corrected chi connectivity index (χ0v) is 15.1. The number of fused-ring (bicyclic) bond motifs is 6. The van der Waals surface area contributed by atoms with Crippen molar-refractivity contribution in [3.05, 3.63) is 34.7 Å². The molecule has 2 aliphatic rings. The first kappa shape index (κ1) is 17.2. The molecule has 0 aliphatic carbocycles. The molecule has 1 N–H and O–H groups in total. The number of hydrogen-bond acceptors (Lipinski definition) is 7. The van der Waals surface area contributed by atoms with Crippen LogP contribution in [0.1, 0.15) is 29.4 Å². The third-order valence-corrected chi connectivity index (χ3v) is 5.96. The molecule has 1 saturated heterocycles. The van der Waals surface area contributed by atoms with Crippen molar-refractivity contribution in [1.82, 2.24) is 9.96 Å². The molecule has 138 valence electrons. The van der Waals surface area contributed by atoms with Crippen molar-refractivity contribution in [2.24, 2.45) is 0 Å². The number of esters is 1. The van der Waals surface area contributed by atoms with Crippen molar-refractivity contribution >= 4 is 43.8 Å². The lowest BCUT2D eigenvalue weighted by atomic mass is 9.95. The van der Waals surface area contributed by atoms with Gasteiger partial charge in [0, 0.05) is 15.1 Å². The van der Waals surface area contributed by atoms with E-state index in [0.29, 0.717) is 15.5 Å². The molecule has 3 heterocycles. The molecule has 2 bridgehead atoms. The molecule has 2 aliphatic heterocycles. The number of carbonyl (C=O) groups excluding carboxylic acids is 2. The van der Waals surface area contributed by atoms with Gasteiger partial charge >= 0.3 is 22.4 Å². The first-order chi connectivity index (χ1) is 12.3. The summed E-state index contributed by atoms with van der Waals surface area (Å²) in [5, 5.41) is 1.39. The average Bonchev–Trinajstić information content (AvgIpc) is 3.07. The summed E-state index contributed by atoms with van der Waals surface area (Å²) in [5.74, 6) is -0.599. The van der Waals surface area contributed by atoms with Crippen LogP contribution in [0.15, 0.2) is 24.3 Å². The zero-order valence-electron chi connectivity index (χ0n) is 13.5. The third kappa shape index (κ3) is 2.55. The summed E-state index contributed by atoms with van der Waals surface area (Å²) in [4.78, 5) is 27.1. The minimum atomic E-state index is -4.89. The minimum absolute atomic E-state index is 0.0532. The van der Waals surface area contributed by atoms with Crippen molar-refractivity contribution in [1.29, 1.82) is 0 Å². The van der Waals surface area contributed by atoms with Crippen molar-refractivity contribution in [2.45, 2.75) is 19.0 Å². The Morgan fingerprint density at radius 3 is 2.81 bits per heavy atom. The second-order valence-electron chi connectivity index (χ2n) is 5.81. The molecule has 1 fully saturated rings. The highest BCUT2D eigenvalue weighted by atomic mass is 32.3. The lowest BCUT2D eigenvalue weighted by Crippen LogP contribution is -2.39. The maximum absolute atomic E-state index is 12.6. The Labute approximate surface area is 152 Å². The maximum atomic E-state index is 12.6. The second kappa shape index (κ2) is 5.91. The van der Waals surface area contributed by atoms with Gasteiger partial charge in [-0.05, 0) is 18.4 Å². The van der Waals surface area contributed by atoms with Crippen LogP contribution in [0.2, 0.25) is 0 Å². The molecule has 2 amide bonds. The first-order valence-corrected chi connectivity index (χ1v) is 9.94. The molecule has 0 unspecified atom stereocenters. The zero-order chi connectivity index (χ0) is 18.6. The summed E-state index contributed by atoms with van der Waals surface area (Å²) >= 11 is 1.35. The molecule has 4 rings (SSSR count). The van der Waals surface area contributed by atoms with Gasteiger partial charge in [-0.1, -0.05) is 18.2 Å². The second-order valence-corrected chi connectivity index (χ2v) is 7.90. The Hall–Kier alpha value is -2.21. The smallest absolute Gasteiger partial charge is 0.418 e. The van der Waals surface area contributed by atoms with Crippen LogP contribution in [0.5, 0.6) is 0 Å². The fourth-order valence-corrected chi connectivity index (χ4v) is 5.10. The highest BCUT2D eigenvalue weighted by Gasteiger charge is 2.54. The van der Waals surface area contributed by atoms with E-state index in [2.05, 4.69) is 4.28 Å². The highest BCUT2D eigenvalue weighted by Crippen LogP contribution is 2.50. The van der Waals surface area contributed by atoms with E-state index in [4.69, 9.17) is 9.29 Å². The highest BCUT2D eigenvalue weighted by molar-refractivity contribution is 7.80. The van der Waals surface area contributed by atoms with Crippen molar-refractivity contribution < 1.29 is 31.6 Å². The van der Waals surface area contributed by atoms with Gasteiger partial charge < -0.3 is 9.64 Å². The van der Waals surface area contributed by atoms with Crippen LogP contribution < -0.4 is 0 Å². The lowest BCUT2D eigenvalue weighted by Gasteiger charge is -2.29. The molecule has 0 radical (unpaired) electrons. The fraction of sp³-hybridized carbons (Fsp3) is 0.333. The van der Waals surface area contributed by atoms with Crippen LogP contribution in [0.4, 0.5) is 4.79 Å². The fourth-order valence-electron chi connectivity index (χ4n) is 3.43. The van der Waals surface area contributed by atoms with Crippen LogP contribution >= 0.6 is 11.3 Å². The van der Waals surface area contributed by atoms with E-state index in [1.807, 2.05) is 24.3 Å². The largest absolute Gasteiger partial charge is 0.464 e. The van der Waals surface area contributed by atoms with E-state index in [9.17, 15) is 18.0 Å². The van der Waals surface area contributed by atoms with Crippen molar-refractivity contribution in [3.63, 3.8) is 0 Å². The van der Waals surface area contributed by atoms with Gasteiger partial charge in [-0.2, -0.15) is 13.5 Å². The molecule has 0 spiro atoms. The normalized spacial score (nSPS) is 22.0. The molecule has 11 heteroatoms. The van der Waals surface area contributed by atoms with Crippen LogP contribution in [0.3, 0.4) is 0 Å². The monoisotopic (exact) mass is 398 g/mol. The number of carbonyl (C=O) groups is 2. The lowest BCUT2D eigenvalue weighted by molar-refractivity contribution is -0.148. The third-order valence-electron chi connectivity index (χ3n) is 4.32. The Balaban J connectivity index is 1.91. The van der Waals surface area contributed by atoms with E-state index in [1.54, 1.807) is 6.92 Å². The molecule has 0 saturated carbocycles. The number of urea groups is 1. The number of hydroxylamine groups is 2. The van der Waals surface area contributed by atoms with E-state index in [0.717, 1.165) is 10.1 Å². The van der Waals surface area contributed by atoms with Gasteiger partial charge in [-0.3, -0.25) is 4.55 Å². The van der Waals surface area contributed by atoms with Gasteiger partial charge in [0.2, 0.25) is 0 Å². The Morgan fingerprint density at radius 2 is 2.12 bits per heavy atom. The van der Waals surface area contributed by atoms with Crippen LogP contribution in [-0.4, -0.2) is 48.1 Å². The number of ether oxygens (including phenoxy) is 1. The Kier molecular flexibility index (Phi) is 3.91. The minimum Gasteiger partial charge on any atom is -0.464 e. The summed E-state index contributed by atoms with van der Waals surface area (Å²) in [6, 6.07) is 4.80. The summed E-state index contributed by atoms with van der Waals surface area (Å²) in [6.07, 6.45) is 0. The molecule has 1 aromatic heterocycles. The van der Waals surface area contributed by atoms with Crippen LogP contribution in [-0.2, 0) is 24.2 Å². The Morgan fingerprint density at radius 1 is 1.38 bits per heavy atom. The number of nitrogens with zero attached hydrogens (tertiary/aromatic N) is 2. The maximum Gasteiger partial charge on any atom is 0.418 e. The number of hydrogen-bond donors (Lipinski definition) is 1. The van der Waals surface area contributed by atoms with Gasteiger partial charge in [-0.15, -0.1) is 15.6 Å². The molecule has 1 aromatic carbocycles. The van der Waals surface area contributed by atoms with E-state index >= 15 is 0 Å². The number of amides is 2. The predicted molar refractivity (Wildman–Crippen MR) is 90.5 cm³/mol. The first-order valence-electron chi connectivity index (χ1n) is 7.76. The van der Waals surface area contributed by atoms with Gasteiger partial charge in [-0.25, -0.2) is 9.59 Å². The predicted octanol–water partition coefficient (Wildman–Crippen LogP) is 2.03. The summed E-state index contributed by atoms with van der Waals surface area (Å²) in [5.41, 5.74) is 0.607. The van der Waals surface area contributed by atoms with Gasteiger partial charge in [0.25, 0.3) is 0 Å². The SMILES string of the molecule is CCOC(=O)[C@@H]1c2c(sc3ccccc23)[C@H]2CN1C(=O)N2OS(=O)(=O)O. The summed E-state index contributed by atoms with van der Waals surface area (Å²) in [7, 11) is -4.89. The summed E-state index contributed by atoms with van der Waals surface area (Å²) < 4.78 is 41.8.